The average molecular weight is 456 g/mol. The number of rotatable bonds is 6. The molecule has 3 nitrogen and oxygen atoms in total. The first-order valence-corrected chi connectivity index (χ1v) is 14.0. The van der Waals surface area contributed by atoms with E-state index in [2.05, 4.69) is 53.4 Å². The van der Waals surface area contributed by atoms with E-state index in [0.717, 1.165) is 49.4 Å². The molecule has 0 radical (unpaired) electrons. The molecule has 0 aromatic heterocycles. The van der Waals surface area contributed by atoms with E-state index in [1.54, 1.807) is 0 Å². The van der Waals surface area contributed by atoms with Crippen molar-refractivity contribution in [2.24, 2.45) is 40.4 Å². The van der Waals surface area contributed by atoms with Crippen LogP contribution in [0.2, 0.25) is 0 Å². The van der Waals surface area contributed by atoms with Gasteiger partial charge in [0.25, 0.3) is 0 Å². The van der Waals surface area contributed by atoms with Crippen LogP contribution in [0.15, 0.2) is 11.6 Å². The van der Waals surface area contributed by atoms with Gasteiger partial charge in [0.2, 0.25) is 5.91 Å². The molecule has 0 spiro atoms. The van der Waals surface area contributed by atoms with Crippen molar-refractivity contribution >= 4 is 11.7 Å². The normalized spacial score (nSPS) is 39.1. The summed E-state index contributed by atoms with van der Waals surface area (Å²) in [4.78, 5) is 27.1. The Labute approximate surface area is 203 Å². The zero-order valence-corrected chi connectivity index (χ0v) is 22.5. The highest BCUT2D eigenvalue weighted by Gasteiger charge is 2.59. The van der Waals surface area contributed by atoms with E-state index in [9.17, 15) is 9.59 Å². The van der Waals surface area contributed by atoms with Gasteiger partial charge in [0.1, 0.15) is 0 Å². The highest BCUT2D eigenvalue weighted by Crippen LogP contribution is 2.67. The topological polar surface area (TPSA) is 37.4 Å². The van der Waals surface area contributed by atoms with Crippen LogP contribution in [0.1, 0.15) is 113 Å². The van der Waals surface area contributed by atoms with Gasteiger partial charge in [0, 0.05) is 24.9 Å². The summed E-state index contributed by atoms with van der Waals surface area (Å²) in [5.41, 5.74) is 2.18. The van der Waals surface area contributed by atoms with Gasteiger partial charge in [-0.15, -0.1) is 0 Å². The van der Waals surface area contributed by atoms with Gasteiger partial charge in [0.15, 0.2) is 5.78 Å². The summed E-state index contributed by atoms with van der Waals surface area (Å²) < 4.78 is 0. The van der Waals surface area contributed by atoms with Gasteiger partial charge in [-0.05, 0) is 126 Å². The van der Waals surface area contributed by atoms with Crippen LogP contribution in [0.5, 0.6) is 0 Å². The van der Waals surface area contributed by atoms with Crippen molar-refractivity contribution in [1.29, 1.82) is 0 Å². The lowest BCUT2D eigenvalue weighted by molar-refractivity contribution is -0.135. The third-order valence-electron chi connectivity index (χ3n) is 10.9. The minimum atomic E-state index is 0.269. The number of allylic oxidation sites excluding steroid dienone is 1. The Bertz CT molecular complexity index is 789. The molecule has 0 aromatic carbocycles. The summed E-state index contributed by atoms with van der Waals surface area (Å²) in [7, 11) is 0. The smallest absolute Gasteiger partial charge is 0.223 e. The lowest BCUT2D eigenvalue weighted by atomic mass is 9.46. The van der Waals surface area contributed by atoms with Gasteiger partial charge < -0.3 is 4.90 Å². The predicted molar refractivity (Wildman–Crippen MR) is 136 cm³/mol. The van der Waals surface area contributed by atoms with Crippen LogP contribution >= 0.6 is 0 Å². The van der Waals surface area contributed by atoms with Crippen molar-refractivity contribution in [3.05, 3.63) is 11.6 Å². The number of carbonyl (C=O) groups is 2. The van der Waals surface area contributed by atoms with Gasteiger partial charge in [-0.3, -0.25) is 9.59 Å². The van der Waals surface area contributed by atoms with Crippen molar-refractivity contribution < 1.29 is 9.59 Å². The van der Waals surface area contributed by atoms with Crippen LogP contribution in [0.4, 0.5) is 0 Å². The maximum absolute atomic E-state index is 13.0. The van der Waals surface area contributed by atoms with Crippen LogP contribution < -0.4 is 0 Å². The Morgan fingerprint density at radius 2 is 1.67 bits per heavy atom. The number of carbonyl (C=O) groups excluding carboxylic acids is 2. The van der Waals surface area contributed by atoms with Gasteiger partial charge in [-0.2, -0.15) is 0 Å². The number of nitrogens with zero attached hydrogens (tertiary/aromatic N) is 1. The van der Waals surface area contributed by atoms with Gasteiger partial charge in [0.05, 0.1) is 0 Å². The summed E-state index contributed by atoms with van der Waals surface area (Å²) in [6.07, 6.45) is 13.4. The molecule has 3 saturated carbocycles. The van der Waals surface area contributed by atoms with Crippen molar-refractivity contribution in [1.82, 2.24) is 4.90 Å². The molecule has 7 unspecified atom stereocenters. The van der Waals surface area contributed by atoms with Gasteiger partial charge in [-0.1, -0.05) is 26.3 Å². The maximum Gasteiger partial charge on any atom is 0.223 e. The Balaban J connectivity index is 1.44. The van der Waals surface area contributed by atoms with E-state index in [0.29, 0.717) is 29.4 Å². The number of amides is 1. The molecule has 186 valence electrons. The highest BCUT2D eigenvalue weighted by molar-refractivity contribution is 5.91. The number of hydrogen-bond donors (Lipinski definition) is 0. The third kappa shape index (κ3) is 4.25. The molecular formula is C30H49NO2. The number of fused-ring (bicyclic) bond motifs is 5. The highest BCUT2D eigenvalue weighted by atomic mass is 16.2. The summed E-state index contributed by atoms with van der Waals surface area (Å²) in [5, 5.41) is 0. The molecule has 0 N–H and O–H groups in total. The number of hydrogen-bond acceptors (Lipinski definition) is 2. The SMILES string of the molecule is CC(CCC(=O)N(C(C)C)C(C)C)C1CCC2C3CCC4=CC(=O)CCC4(C)C3CCC12C. The summed E-state index contributed by atoms with van der Waals surface area (Å²) >= 11 is 0. The monoisotopic (exact) mass is 455 g/mol. The minimum absolute atomic E-state index is 0.269. The van der Waals surface area contributed by atoms with Gasteiger partial charge >= 0.3 is 0 Å². The fraction of sp³-hybridized carbons (Fsp3) is 0.867. The van der Waals surface area contributed by atoms with Crippen LogP contribution in [0.3, 0.4) is 0 Å². The molecule has 0 saturated heterocycles. The lowest BCUT2D eigenvalue weighted by Crippen LogP contribution is -2.51. The second-order valence-electron chi connectivity index (χ2n) is 13.2. The van der Waals surface area contributed by atoms with E-state index < -0.39 is 0 Å². The first-order chi connectivity index (χ1) is 15.5. The Morgan fingerprint density at radius 1 is 0.970 bits per heavy atom. The van der Waals surface area contributed by atoms with E-state index in [1.807, 2.05) is 6.08 Å². The first-order valence-electron chi connectivity index (χ1n) is 14.0. The van der Waals surface area contributed by atoms with Crippen LogP contribution in [-0.4, -0.2) is 28.7 Å². The second kappa shape index (κ2) is 9.15. The summed E-state index contributed by atoms with van der Waals surface area (Å²) in [6, 6.07) is 0.552. The summed E-state index contributed by atoms with van der Waals surface area (Å²) in [6.45, 7) is 16.1. The molecule has 0 bridgehead atoms. The molecule has 0 aromatic rings. The lowest BCUT2D eigenvalue weighted by Gasteiger charge is -2.58. The molecule has 33 heavy (non-hydrogen) atoms. The summed E-state index contributed by atoms with van der Waals surface area (Å²) in [5.74, 6) is 4.49. The second-order valence-corrected chi connectivity index (χ2v) is 13.2. The van der Waals surface area contributed by atoms with E-state index in [4.69, 9.17) is 0 Å². The molecule has 4 aliphatic rings. The zero-order chi connectivity index (χ0) is 24.1. The molecular weight excluding hydrogens is 406 g/mol. The largest absolute Gasteiger partial charge is 0.338 e. The molecule has 4 aliphatic carbocycles. The molecule has 1 amide bonds. The Hall–Kier alpha value is -1.12. The fourth-order valence-corrected chi connectivity index (χ4v) is 9.39. The molecule has 0 heterocycles. The van der Waals surface area contributed by atoms with E-state index in [-0.39, 0.29) is 17.5 Å². The van der Waals surface area contributed by atoms with Gasteiger partial charge in [-0.25, -0.2) is 0 Å². The Kier molecular flexibility index (Phi) is 6.93. The van der Waals surface area contributed by atoms with Crippen molar-refractivity contribution in [2.45, 2.75) is 125 Å². The Morgan fingerprint density at radius 3 is 2.33 bits per heavy atom. The fourth-order valence-electron chi connectivity index (χ4n) is 9.39. The molecule has 7 atom stereocenters. The van der Waals surface area contributed by atoms with Crippen LogP contribution in [0.25, 0.3) is 0 Å². The molecule has 0 aliphatic heterocycles. The maximum atomic E-state index is 13.0. The van der Waals surface area contributed by atoms with E-state index in [1.165, 1.54) is 37.7 Å². The van der Waals surface area contributed by atoms with Crippen molar-refractivity contribution in [2.75, 3.05) is 0 Å². The standard InChI is InChI=1S/C30H49NO2/c1-19(2)31(20(3)4)28(33)13-8-21(5)25-11-12-26-24-10-9-22-18-23(32)14-16-29(22,6)27(24)15-17-30(25,26)7/h18-21,24-27H,8-17H2,1-7H3. The van der Waals surface area contributed by atoms with Crippen molar-refractivity contribution in [3.63, 3.8) is 0 Å². The van der Waals surface area contributed by atoms with E-state index >= 15 is 0 Å². The van der Waals surface area contributed by atoms with Crippen molar-refractivity contribution in [3.8, 4) is 0 Å². The molecule has 4 rings (SSSR count). The number of ketones is 1. The molecule has 3 heteroatoms. The third-order valence-corrected chi connectivity index (χ3v) is 10.9. The molecule has 3 fully saturated rings. The van der Waals surface area contributed by atoms with Crippen LogP contribution in [0, 0.1) is 40.4 Å². The minimum Gasteiger partial charge on any atom is -0.338 e. The average Bonchev–Trinajstić information content (AvgIpc) is 3.09. The quantitative estimate of drug-likeness (QED) is 0.425. The van der Waals surface area contributed by atoms with Crippen LogP contribution in [-0.2, 0) is 9.59 Å². The first kappa shape index (κ1) is 25.0. The predicted octanol–water partition coefficient (Wildman–Crippen LogP) is 7.20. The zero-order valence-electron chi connectivity index (χ0n) is 22.5.